The Morgan fingerprint density at radius 3 is 2.83 bits per heavy atom. The Kier molecular flexibility index (Phi) is 3.61. The highest BCUT2D eigenvalue weighted by Crippen LogP contribution is 2.19. The molecule has 5 heteroatoms. The van der Waals surface area contributed by atoms with Crippen LogP contribution in [0.1, 0.15) is 30.9 Å². The fourth-order valence-corrected chi connectivity index (χ4v) is 3.09. The number of nitrogens with zero attached hydrogens (tertiary/aromatic N) is 4. The number of nitrogens with two attached hydrogens (primary N) is 1. The van der Waals surface area contributed by atoms with Gasteiger partial charge in [-0.1, -0.05) is 0 Å². The van der Waals surface area contributed by atoms with Gasteiger partial charge in [-0.25, -0.2) is 0 Å². The summed E-state index contributed by atoms with van der Waals surface area (Å²) in [6, 6.07) is 0. The molecule has 1 fully saturated rings. The van der Waals surface area contributed by atoms with Crippen LogP contribution in [0.3, 0.4) is 0 Å². The molecule has 2 aliphatic heterocycles. The van der Waals surface area contributed by atoms with E-state index in [9.17, 15) is 0 Å². The minimum Gasteiger partial charge on any atom is -0.330 e. The highest BCUT2D eigenvalue weighted by Gasteiger charge is 2.22. The van der Waals surface area contributed by atoms with Crippen molar-refractivity contribution in [2.75, 3.05) is 26.2 Å². The van der Waals surface area contributed by atoms with Crippen molar-refractivity contribution >= 4 is 0 Å². The van der Waals surface area contributed by atoms with Crippen LogP contribution in [-0.4, -0.2) is 45.8 Å². The Morgan fingerprint density at radius 2 is 2.06 bits per heavy atom. The first-order valence-electron chi connectivity index (χ1n) is 7.20. The number of rotatable bonds is 4. The van der Waals surface area contributed by atoms with E-state index in [1.165, 1.54) is 32.4 Å². The zero-order valence-electron chi connectivity index (χ0n) is 11.0. The molecule has 0 aromatic carbocycles. The van der Waals surface area contributed by atoms with Gasteiger partial charge in [0.05, 0.1) is 0 Å². The number of hydrogen-bond acceptors (Lipinski definition) is 4. The van der Waals surface area contributed by atoms with Crippen LogP contribution in [0.15, 0.2) is 0 Å². The molecule has 0 radical (unpaired) electrons. The summed E-state index contributed by atoms with van der Waals surface area (Å²) in [5.41, 5.74) is 5.79. The number of likely N-dealkylation sites (tertiary alicyclic amines) is 1. The second-order valence-electron chi connectivity index (χ2n) is 5.58. The summed E-state index contributed by atoms with van der Waals surface area (Å²) in [5.74, 6) is 2.94. The summed E-state index contributed by atoms with van der Waals surface area (Å²) in [7, 11) is 0. The lowest BCUT2D eigenvalue weighted by atomic mass is 9.99. The average Bonchev–Trinajstić information content (AvgIpc) is 3.05. The first kappa shape index (κ1) is 12.1. The second-order valence-corrected chi connectivity index (χ2v) is 5.58. The van der Waals surface area contributed by atoms with Gasteiger partial charge in [0.25, 0.3) is 0 Å². The molecule has 1 aromatic rings. The van der Waals surface area contributed by atoms with Gasteiger partial charge in [-0.3, -0.25) is 0 Å². The van der Waals surface area contributed by atoms with E-state index in [-0.39, 0.29) is 0 Å². The lowest BCUT2D eigenvalue weighted by molar-refractivity contribution is 0.329. The minimum atomic E-state index is 0.610. The molecule has 5 nitrogen and oxygen atoms in total. The van der Waals surface area contributed by atoms with Crippen LogP contribution in [0.5, 0.6) is 0 Å². The third kappa shape index (κ3) is 2.42. The van der Waals surface area contributed by atoms with Gasteiger partial charge in [0, 0.05) is 25.9 Å². The molecule has 2 N–H and O–H groups in total. The molecule has 2 aliphatic rings. The summed E-state index contributed by atoms with van der Waals surface area (Å²) < 4.78 is 2.32. The molecule has 0 amide bonds. The van der Waals surface area contributed by atoms with Crippen molar-refractivity contribution in [3.63, 3.8) is 0 Å². The molecule has 1 atom stereocenters. The zero-order valence-corrected chi connectivity index (χ0v) is 11.0. The van der Waals surface area contributed by atoms with Crippen molar-refractivity contribution in [1.82, 2.24) is 19.7 Å². The third-order valence-electron chi connectivity index (χ3n) is 4.30. The first-order valence-corrected chi connectivity index (χ1v) is 7.20. The van der Waals surface area contributed by atoms with Crippen LogP contribution in [0, 0.1) is 5.92 Å². The molecular weight excluding hydrogens is 226 g/mol. The predicted molar refractivity (Wildman–Crippen MR) is 70.3 cm³/mol. The van der Waals surface area contributed by atoms with E-state index in [1.807, 2.05) is 0 Å². The van der Waals surface area contributed by atoms with Gasteiger partial charge >= 0.3 is 0 Å². The van der Waals surface area contributed by atoms with Crippen LogP contribution in [0.25, 0.3) is 0 Å². The molecule has 1 saturated heterocycles. The Hall–Kier alpha value is -0.940. The van der Waals surface area contributed by atoms with Gasteiger partial charge in [-0.2, -0.15) is 0 Å². The van der Waals surface area contributed by atoms with Crippen LogP contribution >= 0.6 is 0 Å². The van der Waals surface area contributed by atoms with Crippen molar-refractivity contribution in [3.05, 3.63) is 11.6 Å². The highest BCUT2D eigenvalue weighted by molar-refractivity contribution is 5.01. The van der Waals surface area contributed by atoms with Gasteiger partial charge in [-0.05, 0) is 44.8 Å². The third-order valence-corrected chi connectivity index (χ3v) is 4.30. The number of aromatic nitrogens is 3. The van der Waals surface area contributed by atoms with Gasteiger partial charge < -0.3 is 15.2 Å². The van der Waals surface area contributed by atoms with Crippen LogP contribution in [0.4, 0.5) is 0 Å². The van der Waals surface area contributed by atoms with E-state index >= 15 is 0 Å². The van der Waals surface area contributed by atoms with Gasteiger partial charge in [0.2, 0.25) is 0 Å². The normalized spacial score (nSPS) is 24.4. The standard InChI is InChI=1S/C13H23N5/c14-9-11-3-4-12-15-16-13(18(12)10-11)5-8-17-6-1-2-7-17/h11H,1-10,14H2. The van der Waals surface area contributed by atoms with Crippen molar-refractivity contribution < 1.29 is 0 Å². The molecular formula is C13H23N5. The van der Waals surface area contributed by atoms with Crippen molar-refractivity contribution in [3.8, 4) is 0 Å². The van der Waals surface area contributed by atoms with Crippen molar-refractivity contribution in [1.29, 1.82) is 0 Å². The monoisotopic (exact) mass is 249 g/mol. The van der Waals surface area contributed by atoms with Gasteiger partial charge in [0.15, 0.2) is 0 Å². The maximum atomic E-state index is 5.79. The second kappa shape index (κ2) is 5.36. The fraction of sp³-hybridized carbons (Fsp3) is 0.846. The molecule has 1 unspecified atom stereocenters. The summed E-state index contributed by atoms with van der Waals surface area (Å²) >= 11 is 0. The topological polar surface area (TPSA) is 60.0 Å². The molecule has 18 heavy (non-hydrogen) atoms. The highest BCUT2D eigenvalue weighted by atomic mass is 15.3. The summed E-state index contributed by atoms with van der Waals surface area (Å²) in [6.07, 6.45) is 5.95. The van der Waals surface area contributed by atoms with Crippen molar-refractivity contribution in [2.24, 2.45) is 11.7 Å². The van der Waals surface area contributed by atoms with E-state index < -0.39 is 0 Å². The number of hydrogen-bond donors (Lipinski definition) is 1. The Bertz CT molecular complexity index is 394. The summed E-state index contributed by atoms with van der Waals surface area (Å²) in [5, 5.41) is 8.70. The lowest BCUT2D eigenvalue weighted by Gasteiger charge is -2.23. The van der Waals surface area contributed by atoms with Crippen molar-refractivity contribution in [2.45, 2.75) is 38.6 Å². The van der Waals surface area contributed by atoms with E-state index in [0.717, 1.165) is 44.1 Å². The van der Waals surface area contributed by atoms with Crippen LogP contribution in [-0.2, 0) is 19.4 Å². The molecule has 100 valence electrons. The Labute approximate surface area is 108 Å². The van der Waals surface area contributed by atoms with E-state index in [2.05, 4.69) is 19.7 Å². The largest absolute Gasteiger partial charge is 0.330 e. The molecule has 0 saturated carbocycles. The molecule has 0 spiro atoms. The number of fused-ring (bicyclic) bond motifs is 1. The molecule has 1 aromatic heterocycles. The minimum absolute atomic E-state index is 0.610. The molecule has 3 heterocycles. The quantitative estimate of drug-likeness (QED) is 0.841. The van der Waals surface area contributed by atoms with Gasteiger partial charge in [-0.15, -0.1) is 10.2 Å². The van der Waals surface area contributed by atoms with Crippen LogP contribution < -0.4 is 5.73 Å². The van der Waals surface area contributed by atoms with Gasteiger partial charge in [0.1, 0.15) is 11.6 Å². The van der Waals surface area contributed by atoms with E-state index in [1.54, 1.807) is 0 Å². The van der Waals surface area contributed by atoms with E-state index in [0.29, 0.717) is 5.92 Å². The van der Waals surface area contributed by atoms with E-state index in [4.69, 9.17) is 5.73 Å². The average molecular weight is 249 g/mol. The smallest absolute Gasteiger partial charge is 0.134 e. The SMILES string of the molecule is NCC1CCc2nnc(CCN3CCCC3)n2C1. The maximum absolute atomic E-state index is 5.79. The Morgan fingerprint density at radius 1 is 1.22 bits per heavy atom. The lowest BCUT2D eigenvalue weighted by Crippen LogP contribution is -2.28. The molecule has 3 rings (SSSR count). The molecule has 0 aliphatic carbocycles. The van der Waals surface area contributed by atoms with Crippen LogP contribution in [0.2, 0.25) is 0 Å². The fourth-order valence-electron chi connectivity index (χ4n) is 3.09. The summed E-state index contributed by atoms with van der Waals surface area (Å²) in [6.45, 7) is 5.45. The molecule has 0 bridgehead atoms. The number of aryl methyl sites for hydroxylation is 1. The Balaban J connectivity index is 1.64. The first-order chi connectivity index (χ1) is 8.86. The zero-order chi connectivity index (χ0) is 12.4. The summed E-state index contributed by atoms with van der Waals surface area (Å²) in [4.78, 5) is 2.53. The predicted octanol–water partition coefficient (Wildman–Crippen LogP) is 0.437. The maximum Gasteiger partial charge on any atom is 0.134 e.